The number of nitrogens with two attached hydrogens (primary N) is 1. The minimum Gasteiger partial charge on any atom is -0.271 e. The Labute approximate surface area is 111 Å². The van der Waals surface area contributed by atoms with Crippen LogP contribution in [0, 0.1) is 29.6 Å². The molecule has 2 bridgehead atoms. The van der Waals surface area contributed by atoms with Crippen LogP contribution >= 0.6 is 22.9 Å². The van der Waals surface area contributed by atoms with Crippen molar-refractivity contribution in [3.8, 4) is 0 Å². The van der Waals surface area contributed by atoms with E-state index in [2.05, 4.69) is 11.5 Å². The Hall–Kier alpha value is -0.0900. The van der Waals surface area contributed by atoms with Crippen molar-refractivity contribution in [3.63, 3.8) is 0 Å². The van der Waals surface area contributed by atoms with Crippen LogP contribution in [-0.4, -0.2) is 0 Å². The van der Waals surface area contributed by atoms with E-state index in [4.69, 9.17) is 17.4 Å². The largest absolute Gasteiger partial charge is 0.271 e. The van der Waals surface area contributed by atoms with Crippen LogP contribution in [0.4, 0.5) is 0 Å². The standard InChI is InChI=1S/C13H17ClN2S/c14-9-4-3-8(17-9)13(16-15)12-10-6-1-2-7(5-6)11(10)12/h3-4,6-7,10-13,16H,1-2,5,15H2. The van der Waals surface area contributed by atoms with Gasteiger partial charge >= 0.3 is 0 Å². The summed E-state index contributed by atoms with van der Waals surface area (Å²) in [6.07, 6.45) is 4.42. The lowest BCUT2D eigenvalue weighted by molar-refractivity contribution is 0.377. The van der Waals surface area contributed by atoms with E-state index in [0.717, 1.165) is 33.9 Å². The maximum absolute atomic E-state index is 6.03. The average molecular weight is 269 g/mol. The number of fused-ring (bicyclic) bond motifs is 5. The van der Waals surface area contributed by atoms with Gasteiger partial charge in [0.1, 0.15) is 0 Å². The third kappa shape index (κ3) is 1.46. The van der Waals surface area contributed by atoms with Crippen molar-refractivity contribution in [1.82, 2.24) is 5.43 Å². The first kappa shape index (κ1) is 10.8. The molecular weight excluding hydrogens is 252 g/mol. The highest BCUT2D eigenvalue weighted by Gasteiger charge is 2.66. The lowest BCUT2D eigenvalue weighted by Gasteiger charge is -2.18. The van der Waals surface area contributed by atoms with Gasteiger partial charge in [-0.15, -0.1) is 11.3 Å². The van der Waals surface area contributed by atoms with Crippen molar-refractivity contribution in [2.24, 2.45) is 35.4 Å². The molecule has 3 saturated carbocycles. The Morgan fingerprint density at radius 2 is 2.00 bits per heavy atom. The molecule has 92 valence electrons. The minimum atomic E-state index is 0.339. The van der Waals surface area contributed by atoms with Crippen molar-refractivity contribution < 1.29 is 0 Å². The number of thiophene rings is 1. The molecule has 5 atom stereocenters. The SMILES string of the molecule is NNC(c1ccc(Cl)s1)C1C2C3CCC(C3)C21. The van der Waals surface area contributed by atoms with Gasteiger partial charge in [-0.1, -0.05) is 11.6 Å². The summed E-state index contributed by atoms with van der Waals surface area (Å²) >= 11 is 7.70. The zero-order chi connectivity index (χ0) is 11.6. The van der Waals surface area contributed by atoms with E-state index in [1.807, 2.05) is 6.07 Å². The fourth-order valence-electron chi connectivity index (χ4n) is 4.72. The van der Waals surface area contributed by atoms with Crippen molar-refractivity contribution in [1.29, 1.82) is 0 Å². The monoisotopic (exact) mass is 268 g/mol. The molecule has 0 amide bonds. The van der Waals surface area contributed by atoms with Gasteiger partial charge in [-0.25, -0.2) is 0 Å². The molecule has 0 spiro atoms. The average Bonchev–Trinajstić information content (AvgIpc) is 2.73. The molecule has 0 aromatic carbocycles. The Kier molecular flexibility index (Phi) is 2.35. The lowest BCUT2D eigenvalue weighted by atomic mass is 9.97. The van der Waals surface area contributed by atoms with Gasteiger partial charge in [-0.2, -0.15) is 0 Å². The molecule has 1 aromatic heterocycles. The molecule has 3 fully saturated rings. The Bertz CT molecular complexity index is 430. The number of hydrogen-bond acceptors (Lipinski definition) is 3. The van der Waals surface area contributed by atoms with Gasteiger partial charge in [-0.05, 0) is 61.0 Å². The fourth-order valence-corrected chi connectivity index (χ4v) is 5.90. The van der Waals surface area contributed by atoms with Crippen LogP contribution in [0.2, 0.25) is 4.34 Å². The predicted octanol–water partition coefficient (Wildman–Crippen LogP) is 3.20. The smallest absolute Gasteiger partial charge is 0.0931 e. The first-order chi connectivity index (χ1) is 8.29. The molecule has 0 saturated heterocycles. The summed E-state index contributed by atoms with van der Waals surface area (Å²) in [5.41, 5.74) is 3.04. The lowest BCUT2D eigenvalue weighted by Crippen LogP contribution is -2.30. The highest BCUT2D eigenvalue weighted by molar-refractivity contribution is 7.16. The van der Waals surface area contributed by atoms with Crippen LogP contribution in [0.1, 0.15) is 30.2 Å². The molecule has 4 heteroatoms. The van der Waals surface area contributed by atoms with Crippen molar-refractivity contribution >= 4 is 22.9 Å². The van der Waals surface area contributed by atoms with Gasteiger partial charge in [0.05, 0.1) is 10.4 Å². The summed E-state index contributed by atoms with van der Waals surface area (Å²) in [5, 5.41) is 0. The van der Waals surface area contributed by atoms with Gasteiger partial charge in [-0.3, -0.25) is 11.3 Å². The quantitative estimate of drug-likeness (QED) is 0.653. The van der Waals surface area contributed by atoms with E-state index in [1.165, 1.54) is 24.1 Å². The summed E-state index contributed by atoms with van der Waals surface area (Å²) in [5.74, 6) is 10.5. The number of hydrogen-bond donors (Lipinski definition) is 2. The van der Waals surface area contributed by atoms with E-state index in [9.17, 15) is 0 Å². The highest BCUT2D eigenvalue weighted by Crippen LogP contribution is 2.72. The van der Waals surface area contributed by atoms with Crippen LogP contribution in [0.25, 0.3) is 0 Å². The highest BCUT2D eigenvalue weighted by atomic mass is 35.5. The van der Waals surface area contributed by atoms with Gasteiger partial charge < -0.3 is 0 Å². The van der Waals surface area contributed by atoms with Crippen LogP contribution in [-0.2, 0) is 0 Å². The molecule has 4 rings (SSSR count). The van der Waals surface area contributed by atoms with Crippen LogP contribution in [0.3, 0.4) is 0 Å². The van der Waals surface area contributed by atoms with E-state index >= 15 is 0 Å². The second kappa shape index (κ2) is 3.70. The van der Waals surface area contributed by atoms with E-state index in [-0.39, 0.29) is 0 Å². The molecule has 1 heterocycles. The molecule has 0 radical (unpaired) electrons. The summed E-state index contributed by atoms with van der Waals surface area (Å²) in [6, 6.07) is 4.46. The molecule has 0 aliphatic heterocycles. The summed E-state index contributed by atoms with van der Waals surface area (Å²) in [6.45, 7) is 0. The zero-order valence-corrected chi connectivity index (χ0v) is 11.2. The fraction of sp³-hybridized carbons (Fsp3) is 0.692. The number of halogens is 1. The topological polar surface area (TPSA) is 38.0 Å². The molecular formula is C13H17ClN2S. The van der Waals surface area contributed by atoms with Gasteiger partial charge in [0.25, 0.3) is 0 Å². The second-order valence-electron chi connectivity index (χ2n) is 5.85. The van der Waals surface area contributed by atoms with Gasteiger partial charge in [0.15, 0.2) is 0 Å². The van der Waals surface area contributed by atoms with Crippen LogP contribution in [0.5, 0.6) is 0 Å². The molecule has 5 unspecified atom stereocenters. The summed E-state index contributed by atoms with van der Waals surface area (Å²) < 4.78 is 0.869. The summed E-state index contributed by atoms with van der Waals surface area (Å²) in [4.78, 5) is 1.32. The summed E-state index contributed by atoms with van der Waals surface area (Å²) in [7, 11) is 0. The zero-order valence-electron chi connectivity index (χ0n) is 9.60. The van der Waals surface area contributed by atoms with Crippen molar-refractivity contribution in [2.45, 2.75) is 25.3 Å². The molecule has 1 aromatic rings. The molecule has 3 aliphatic carbocycles. The third-order valence-electron chi connectivity index (χ3n) is 5.26. The van der Waals surface area contributed by atoms with E-state index in [1.54, 1.807) is 11.3 Å². The Morgan fingerprint density at radius 3 is 2.53 bits per heavy atom. The van der Waals surface area contributed by atoms with Gasteiger partial charge in [0, 0.05) is 4.88 Å². The van der Waals surface area contributed by atoms with Gasteiger partial charge in [0.2, 0.25) is 0 Å². The first-order valence-corrected chi connectivity index (χ1v) is 7.70. The number of nitrogens with one attached hydrogen (secondary N) is 1. The molecule has 3 aliphatic rings. The number of hydrazine groups is 1. The first-order valence-electron chi connectivity index (χ1n) is 6.51. The normalized spacial score (nSPS) is 43.8. The van der Waals surface area contributed by atoms with Crippen molar-refractivity contribution in [2.75, 3.05) is 0 Å². The molecule has 2 nitrogen and oxygen atoms in total. The van der Waals surface area contributed by atoms with Crippen LogP contribution < -0.4 is 11.3 Å². The number of rotatable bonds is 3. The predicted molar refractivity (Wildman–Crippen MR) is 70.7 cm³/mol. The van der Waals surface area contributed by atoms with E-state index < -0.39 is 0 Å². The Morgan fingerprint density at radius 1 is 1.29 bits per heavy atom. The third-order valence-corrected chi connectivity index (χ3v) is 6.57. The molecule has 17 heavy (non-hydrogen) atoms. The second-order valence-corrected chi connectivity index (χ2v) is 7.60. The van der Waals surface area contributed by atoms with Crippen molar-refractivity contribution in [3.05, 3.63) is 21.3 Å². The van der Waals surface area contributed by atoms with Crippen LogP contribution in [0.15, 0.2) is 12.1 Å². The minimum absolute atomic E-state index is 0.339. The Balaban J connectivity index is 1.59. The molecule has 3 N–H and O–H groups in total. The maximum atomic E-state index is 6.03. The maximum Gasteiger partial charge on any atom is 0.0931 e. The van der Waals surface area contributed by atoms with E-state index in [0.29, 0.717) is 6.04 Å².